The van der Waals surface area contributed by atoms with E-state index in [2.05, 4.69) is 51.3 Å². The van der Waals surface area contributed by atoms with Gasteiger partial charge in [-0.1, -0.05) is 37.6 Å². The molecule has 0 aliphatic rings. The molecular formula is C16H22N2S. The molecule has 19 heavy (non-hydrogen) atoms. The van der Waals surface area contributed by atoms with E-state index in [0.29, 0.717) is 5.92 Å². The molecule has 1 heterocycles. The van der Waals surface area contributed by atoms with E-state index in [1.807, 2.05) is 0 Å². The van der Waals surface area contributed by atoms with E-state index in [-0.39, 0.29) is 6.04 Å². The van der Waals surface area contributed by atoms with E-state index in [9.17, 15) is 0 Å². The lowest BCUT2D eigenvalue weighted by atomic mass is 10.0. The van der Waals surface area contributed by atoms with E-state index in [0.717, 1.165) is 17.1 Å². The minimum absolute atomic E-state index is 0.0597. The molecule has 3 heteroatoms. The number of benzene rings is 1. The van der Waals surface area contributed by atoms with Crippen LogP contribution < -0.4 is 5.73 Å². The molecule has 0 spiro atoms. The second kappa shape index (κ2) is 5.85. The summed E-state index contributed by atoms with van der Waals surface area (Å²) in [6, 6.07) is 6.54. The van der Waals surface area contributed by atoms with Crippen LogP contribution >= 0.6 is 11.3 Å². The highest BCUT2D eigenvalue weighted by Gasteiger charge is 2.14. The Kier molecular flexibility index (Phi) is 4.38. The van der Waals surface area contributed by atoms with Gasteiger partial charge in [0.1, 0.15) is 5.01 Å². The minimum atomic E-state index is 0.0597. The summed E-state index contributed by atoms with van der Waals surface area (Å²) in [6.07, 6.45) is 0.986. The Balaban J connectivity index is 2.25. The summed E-state index contributed by atoms with van der Waals surface area (Å²) in [7, 11) is 0. The predicted molar refractivity (Wildman–Crippen MR) is 83.4 cm³/mol. The van der Waals surface area contributed by atoms with Crippen molar-refractivity contribution in [2.45, 2.75) is 40.2 Å². The molecule has 0 aliphatic heterocycles. The molecule has 2 rings (SSSR count). The van der Waals surface area contributed by atoms with Crippen LogP contribution in [0.1, 0.15) is 42.4 Å². The number of nitrogens with zero attached hydrogens (tertiary/aromatic N) is 1. The summed E-state index contributed by atoms with van der Waals surface area (Å²) in [4.78, 5) is 4.72. The van der Waals surface area contributed by atoms with Crippen LogP contribution in [0.5, 0.6) is 0 Å². The molecule has 1 aromatic carbocycles. The van der Waals surface area contributed by atoms with E-state index in [1.54, 1.807) is 11.3 Å². The molecule has 2 aromatic rings. The SMILES string of the molecule is Cc1ccc(-c2csc(C(N)CC(C)C)n2)c(C)c1. The fraction of sp³-hybridized carbons (Fsp3) is 0.438. The zero-order valence-electron chi connectivity index (χ0n) is 12.1. The van der Waals surface area contributed by atoms with Crippen LogP contribution in [0.2, 0.25) is 0 Å². The van der Waals surface area contributed by atoms with E-state index >= 15 is 0 Å². The molecule has 1 unspecified atom stereocenters. The largest absolute Gasteiger partial charge is 0.322 e. The quantitative estimate of drug-likeness (QED) is 0.893. The van der Waals surface area contributed by atoms with Crippen molar-refractivity contribution in [3.63, 3.8) is 0 Å². The fourth-order valence-corrected chi connectivity index (χ4v) is 3.13. The van der Waals surface area contributed by atoms with Crippen molar-refractivity contribution in [3.05, 3.63) is 39.7 Å². The Labute approximate surface area is 119 Å². The maximum Gasteiger partial charge on any atom is 0.110 e. The van der Waals surface area contributed by atoms with Gasteiger partial charge in [-0.25, -0.2) is 4.98 Å². The van der Waals surface area contributed by atoms with Crippen LogP contribution in [-0.4, -0.2) is 4.98 Å². The van der Waals surface area contributed by atoms with Gasteiger partial charge in [0, 0.05) is 10.9 Å². The number of aryl methyl sites for hydroxylation is 2. The van der Waals surface area contributed by atoms with Gasteiger partial charge in [-0.2, -0.15) is 0 Å². The van der Waals surface area contributed by atoms with Crippen LogP contribution in [-0.2, 0) is 0 Å². The summed E-state index contributed by atoms with van der Waals surface area (Å²) < 4.78 is 0. The summed E-state index contributed by atoms with van der Waals surface area (Å²) in [5.74, 6) is 0.600. The van der Waals surface area contributed by atoms with Crippen molar-refractivity contribution in [3.8, 4) is 11.3 Å². The average Bonchev–Trinajstić information content (AvgIpc) is 2.77. The Morgan fingerprint density at radius 2 is 2.00 bits per heavy atom. The molecular weight excluding hydrogens is 252 g/mol. The van der Waals surface area contributed by atoms with Gasteiger partial charge in [-0.15, -0.1) is 11.3 Å². The third-order valence-corrected chi connectivity index (χ3v) is 4.20. The first kappa shape index (κ1) is 14.2. The third-order valence-electron chi connectivity index (χ3n) is 3.22. The maximum atomic E-state index is 6.20. The van der Waals surface area contributed by atoms with E-state index in [1.165, 1.54) is 16.7 Å². The standard InChI is InChI=1S/C16H22N2S/c1-10(2)7-14(17)16-18-15(9-19-16)13-6-5-11(3)8-12(13)4/h5-6,8-10,14H,7,17H2,1-4H3. The first-order valence-corrected chi connectivity index (χ1v) is 7.64. The van der Waals surface area contributed by atoms with Gasteiger partial charge >= 0.3 is 0 Å². The molecule has 0 radical (unpaired) electrons. The first-order valence-electron chi connectivity index (χ1n) is 6.76. The Bertz CT molecular complexity index is 558. The van der Waals surface area contributed by atoms with E-state index in [4.69, 9.17) is 10.7 Å². The molecule has 0 amide bonds. The van der Waals surface area contributed by atoms with Crippen molar-refractivity contribution in [1.82, 2.24) is 4.98 Å². The summed E-state index contributed by atoms with van der Waals surface area (Å²) in [5, 5.41) is 3.16. The maximum absolute atomic E-state index is 6.20. The molecule has 0 fully saturated rings. The van der Waals surface area contributed by atoms with Gasteiger partial charge in [-0.05, 0) is 31.7 Å². The lowest BCUT2D eigenvalue weighted by molar-refractivity contribution is 0.508. The lowest BCUT2D eigenvalue weighted by Crippen LogP contribution is -2.12. The number of aromatic nitrogens is 1. The smallest absolute Gasteiger partial charge is 0.110 e. The van der Waals surface area contributed by atoms with Gasteiger partial charge in [0.05, 0.1) is 11.7 Å². The molecule has 0 saturated heterocycles. The normalized spacial score (nSPS) is 12.9. The highest BCUT2D eigenvalue weighted by atomic mass is 32.1. The van der Waals surface area contributed by atoms with Crippen molar-refractivity contribution >= 4 is 11.3 Å². The molecule has 2 N–H and O–H groups in total. The highest BCUT2D eigenvalue weighted by Crippen LogP contribution is 2.29. The van der Waals surface area contributed by atoms with Gasteiger partial charge in [0.2, 0.25) is 0 Å². The lowest BCUT2D eigenvalue weighted by Gasteiger charge is -2.10. The number of hydrogen-bond donors (Lipinski definition) is 1. The van der Waals surface area contributed by atoms with Crippen molar-refractivity contribution in [2.75, 3.05) is 0 Å². The van der Waals surface area contributed by atoms with Crippen LogP contribution in [0.25, 0.3) is 11.3 Å². The fourth-order valence-electron chi connectivity index (χ4n) is 2.29. The average molecular weight is 274 g/mol. The van der Waals surface area contributed by atoms with Gasteiger partial charge in [0.15, 0.2) is 0 Å². The van der Waals surface area contributed by atoms with Gasteiger partial charge in [0.25, 0.3) is 0 Å². The second-order valence-corrected chi connectivity index (χ2v) is 6.52. The first-order chi connectivity index (χ1) is 8.97. The van der Waals surface area contributed by atoms with Crippen LogP contribution in [0, 0.1) is 19.8 Å². The zero-order valence-corrected chi connectivity index (χ0v) is 12.9. The minimum Gasteiger partial charge on any atom is -0.322 e. The molecule has 0 aliphatic carbocycles. The van der Waals surface area contributed by atoms with Crippen molar-refractivity contribution in [1.29, 1.82) is 0 Å². The predicted octanol–water partition coefficient (Wildman–Crippen LogP) is 4.47. The van der Waals surface area contributed by atoms with Crippen LogP contribution in [0.15, 0.2) is 23.6 Å². The second-order valence-electron chi connectivity index (χ2n) is 5.63. The van der Waals surface area contributed by atoms with E-state index < -0.39 is 0 Å². The Morgan fingerprint density at radius 1 is 1.26 bits per heavy atom. The summed E-state index contributed by atoms with van der Waals surface area (Å²) in [5.41, 5.74) is 11.0. The molecule has 2 nitrogen and oxygen atoms in total. The number of hydrogen-bond acceptors (Lipinski definition) is 3. The molecule has 1 aromatic heterocycles. The van der Waals surface area contributed by atoms with Crippen LogP contribution in [0.4, 0.5) is 0 Å². The number of thiazole rings is 1. The number of rotatable bonds is 4. The third kappa shape index (κ3) is 3.43. The molecule has 0 saturated carbocycles. The molecule has 1 atom stereocenters. The Hall–Kier alpha value is -1.19. The zero-order chi connectivity index (χ0) is 14.0. The topological polar surface area (TPSA) is 38.9 Å². The highest BCUT2D eigenvalue weighted by molar-refractivity contribution is 7.10. The number of nitrogens with two attached hydrogens (primary N) is 1. The Morgan fingerprint density at radius 3 is 2.63 bits per heavy atom. The van der Waals surface area contributed by atoms with Crippen molar-refractivity contribution < 1.29 is 0 Å². The summed E-state index contributed by atoms with van der Waals surface area (Å²) in [6.45, 7) is 8.63. The monoisotopic (exact) mass is 274 g/mol. The van der Waals surface area contributed by atoms with Gasteiger partial charge < -0.3 is 5.73 Å². The van der Waals surface area contributed by atoms with Gasteiger partial charge in [-0.3, -0.25) is 0 Å². The molecule has 0 bridgehead atoms. The van der Waals surface area contributed by atoms with Crippen molar-refractivity contribution in [2.24, 2.45) is 11.7 Å². The molecule has 102 valence electrons. The van der Waals surface area contributed by atoms with Crippen LogP contribution in [0.3, 0.4) is 0 Å². The summed E-state index contributed by atoms with van der Waals surface area (Å²) >= 11 is 1.67.